The van der Waals surface area contributed by atoms with Gasteiger partial charge < -0.3 is 5.32 Å². The van der Waals surface area contributed by atoms with Crippen molar-refractivity contribution in [2.75, 3.05) is 18.4 Å². The van der Waals surface area contributed by atoms with Gasteiger partial charge in [-0.15, -0.1) is 0 Å². The maximum atomic E-state index is 13.2. The highest BCUT2D eigenvalue weighted by Gasteiger charge is 2.33. The molecule has 0 saturated carbocycles. The number of hydrogen-bond acceptors (Lipinski definition) is 4. The van der Waals surface area contributed by atoms with Gasteiger partial charge in [0, 0.05) is 25.7 Å². The molecular weight excluding hydrogens is 361 g/mol. The molecule has 0 aliphatic carbocycles. The van der Waals surface area contributed by atoms with E-state index in [4.69, 9.17) is 0 Å². The zero-order valence-electron chi connectivity index (χ0n) is 13.1. The summed E-state index contributed by atoms with van der Waals surface area (Å²) in [4.78, 5) is 5.17. The number of rotatable bonds is 4. The number of hydrogen-bond donors (Lipinski definition) is 1. The van der Waals surface area contributed by atoms with Gasteiger partial charge in [-0.3, -0.25) is 4.90 Å². The van der Waals surface area contributed by atoms with E-state index >= 15 is 0 Å². The molecule has 1 N–H and O–H groups in total. The first-order valence-corrected chi connectivity index (χ1v) is 8.59. The number of aromatic nitrogens is 1. The Morgan fingerprint density at radius 1 is 1.16 bits per heavy atom. The van der Waals surface area contributed by atoms with Crippen molar-refractivity contribution < 1.29 is 22.0 Å². The Hall–Kier alpha value is -1.74. The minimum Gasteiger partial charge on any atom is -0.359 e. The van der Waals surface area contributed by atoms with Crippen LogP contribution in [0.15, 0.2) is 24.4 Å². The van der Waals surface area contributed by atoms with E-state index in [0.717, 1.165) is 25.1 Å². The van der Waals surface area contributed by atoms with Gasteiger partial charge in [-0.2, -0.15) is 13.2 Å². The Balaban J connectivity index is 1.50. The van der Waals surface area contributed by atoms with Gasteiger partial charge in [0.05, 0.1) is 6.20 Å². The highest BCUT2D eigenvalue weighted by Crippen LogP contribution is 2.35. The molecule has 136 valence electrons. The number of anilines is 1. The Morgan fingerprint density at radius 2 is 1.88 bits per heavy atom. The molecular formula is C16H16F5N3S. The molecule has 3 rings (SSSR count). The Morgan fingerprint density at radius 3 is 2.48 bits per heavy atom. The number of alkyl halides is 3. The molecule has 0 amide bonds. The smallest absolute Gasteiger partial charge is 0.359 e. The molecule has 1 aliphatic rings. The van der Waals surface area contributed by atoms with Crippen molar-refractivity contribution in [2.45, 2.75) is 31.6 Å². The van der Waals surface area contributed by atoms with Crippen molar-refractivity contribution in [2.24, 2.45) is 0 Å². The third-order valence-electron chi connectivity index (χ3n) is 4.09. The van der Waals surface area contributed by atoms with E-state index in [1.165, 1.54) is 6.07 Å². The summed E-state index contributed by atoms with van der Waals surface area (Å²) in [5.74, 6) is -1.73. The number of piperidine rings is 1. The third kappa shape index (κ3) is 4.66. The molecule has 1 aromatic heterocycles. The number of nitrogens with zero attached hydrogens (tertiary/aromatic N) is 2. The molecule has 0 bridgehead atoms. The van der Waals surface area contributed by atoms with E-state index in [0.29, 0.717) is 36.5 Å². The number of nitrogens with one attached hydrogen (secondary N) is 1. The second kappa shape index (κ2) is 7.25. The fourth-order valence-electron chi connectivity index (χ4n) is 2.78. The Bertz CT molecular complexity index is 723. The molecule has 1 saturated heterocycles. The zero-order valence-corrected chi connectivity index (χ0v) is 13.9. The van der Waals surface area contributed by atoms with Gasteiger partial charge in [0.2, 0.25) is 0 Å². The average molecular weight is 377 g/mol. The lowest BCUT2D eigenvalue weighted by molar-refractivity contribution is -0.134. The van der Waals surface area contributed by atoms with E-state index in [-0.39, 0.29) is 11.2 Å². The van der Waals surface area contributed by atoms with Crippen molar-refractivity contribution in [1.82, 2.24) is 9.88 Å². The number of benzene rings is 1. The summed E-state index contributed by atoms with van der Waals surface area (Å²) in [6, 6.07) is 3.90. The Labute approximate surface area is 145 Å². The fraction of sp³-hybridized carbons (Fsp3) is 0.438. The molecule has 1 fully saturated rings. The maximum Gasteiger partial charge on any atom is 0.427 e. The van der Waals surface area contributed by atoms with E-state index in [1.54, 1.807) is 6.07 Å². The molecule has 0 atom stereocenters. The van der Waals surface area contributed by atoms with Crippen LogP contribution in [-0.2, 0) is 12.7 Å². The molecule has 0 radical (unpaired) electrons. The van der Waals surface area contributed by atoms with Gasteiger partial charge in [0.1, 0.15) is 4.88 Å². The first-order valence-electron chi connectivity index (χ1n) is 7.77. The lowest BCUT2D eigenvalue weighted by atomic mass is 10.0. The van der Waals surface area contributed by atoms with Crippen LogP contribution < -0.4 is 5.32 Å². The lowest BCUT2D eigenvalue weighted by Crippen LogP contribution is -2.38. The topological polar surface area (TPSA) is 28.2 Å². The second-order valence-corrected chi connectivity index (χ2v) is 7.00. The van der Waals surface area contributed by atoms with Crippen LogP contribution in [0.2, 0.25) is 0 Å². The summed E-state index contributed by atoms with van der Waals surface area (Å²) in [7, 11) is 0. The molecule has 2 aromatic rings. The molecule has 9 heteroatoms. The van der Waals surface area contributed by atoms with Crippen LogP contribution in [0.5, 0.6) is 0 Å². The van der Waals surface area contributed by atoms with Gasteiger partial charge >= 0.3 is 6.18 Å². The highest BCUT2D eigenvalue weighted by molar-refractivity contribution is 7.15. The molecule has 1 aromatic carbocycles. The van der Waals surface area contributed by atoms with Gasteiger partial charge in [0.15, 0.2) is 16.8 Å². The van der Waals surface area contributed by atoms with Gasteiger partial charge in [0.25, 0.3) is 0 Å². The van der Waals surface area contributed by atoms with Crippen LogP contribution in [0.1, 0.15) is 23.3 Å². The van der Waals surface area contributed by atoms with Gasteiger partial charge in [-0.25, -0.2) is 13.8 Å². The predicted molar refractivity (Wildman–Crippen MR) is 85.4 cm³/mol. The summed E-state index contributed by atoms with van der Waals surface area (Å²) in [5.41, 5.74) is 0.694. The van der Waals surface area contributed by atoms with Gasteiger partial charge in [-0.1, -0.05) is 17.4 Å². The number of halogens is 5. The molecule has 25 heavy (non-hydrogen) atoms. The molecule has 0 unspecified atom stereocenters. The number of thiazole rings is 1. The van der Waals surface area contributed by atoms with E-state index < -0.39 is 22.7 Å². The van der Waals surface area contributed by atoms with Crippen LogP contribution in [0.4, 0.5) is 27.1 Å². The largest absolute Gasteiger partial charge is 0.427 e. The van der Waals surface area contributed by atoms with Crippen LogP contribution in [0, 0.1) is 11.6 Å². The first kappa shape index (κ1) is 18.1. The van der Waals surface area contributed by atoms with E-state index in [2.05, 4.69) is 15.2 Å². The molecule has 0 spiro atoms. The normalized spacial score (nSPS) is 17.0. The van der Waals surface area contributed by atoms with Crippen LogP contribution in [-0.4, -0.2) is 29.0 Å². The summed E-state index contributed by atoms with van der Waals surface area (Å²) in [5, 5.41) is 3.32. The summed E-state index contributed by atoms with van der Waals surface area (Å²) in [6.07, 6.45) is -2.05. The number of likely N-dealkylation sites (tertiary alicyclic amines) is 1. The summed E-state index contributed by atoms with van der Waals surface area (Å²) >= 11 is 0.602. The standard InChI is InChI=1S/C16H16F5N3S/c17-12-2-1-10(7-13(12)18)9-24-5-3-11(4-6-24)23-15-22-8-14(25-15)16(19,20)21/h1-2,7-8,11H,3-6,9H2,(H,22,23). The first-order chi connectivity index (χ1) is 11.8. The SMILES string of the molecule is Fc1ccc(CN2CCC(Nc3ncc(C(F)(F)F)s3)CC2)cc1F. The predicted octanol–water partition coefficient (Wildman–Crippen LogP) is 4.52. The van der Waals surface area contributed by atoms with E-state index in [9.17, 15) is 22.0 Å². The quantitative estimate of drug-likeness (QED) is 0.795. The van der Waals surface area contributed by atoms with Crippen LogP contribution >= 0.6 is 11.3 Å². The molecule has 3 nitrogen and oxygen atoms in total. The van der Waals surface area contributed by atoms with Crippen molar-refractivity contribution >= 4 is 16.5 Å². The van der Waals surface area contributed by atoms with Gasteiger partial charge in [-0.05, 0) is 30.5 Å². The fourth-order valence-corrected chi connectivity index (χ4v) is 3.54. The monoisotopic (exact) mass is 377 g/mol. The highest BCUT2D eigenvalue weighted by atomic mass is 32.1. The summed E-state index contributed by atoms with van der Waals surface area (Å²) in [6.45, 7) is 1.95. The van der Waals surface area contributed by atoms with Crippen molar-refractivity contribution in [3.05, 3.63) is 46.5 Å². The minimum absolute atomic E-state index is 0.0495. The maximum absolute atomic E-state index is 13.2. The van der Waals surface area contributed by atoms with Crippen molar-refractivity contribution in [3.63, 3.8) is 0 Å². The van der Waals surface area contributed by atoms with Crippen LogP contribution in [0.3, 0.4) is 0 Å². The average Bonchev–Trinajstić information content (AvgIpc) is 3.02. The van der Waals surface area contributed by atoms with Crippen LogP contribution in [0.25, 0.3) is 0 Å². The summed E-state index contributed by atoms with van der Waals surface area (Å²) < 4.78 is 63.9. The Kier molecular flexibility index (Phi) is 5.24. The van der Waals surface area contributed by atoms with Crippen molar-refractivity contribution in [3.8, 4) is 0 Å². The third-order valence-corrected chi connectivity index (χ3v) is 5.06. The minimum atomic E-state index is -4.37. The van der Waals surface area contributed by atoms with Crippen molar-refractivity contribution in [1.29, 1.82) is 0 Å². The van der Waals surface area contributed by atoms with E-state index in [1.807, 2.05) is 0 Å². The lowest BCUT2D eigenvalue weighted by Gasteiger charge is -2.32. The molecule has 1 aliphatic heterocycles. The molecule has 2 heterocycles. The second-order valence-electron chi connectivity index (χ2n) is 5.97. The zero-order chi connectivity index (χ0) is 18.0.